The Bertz CT molecular complexity index is 573. The molecule has 2 rings (SSSR count). The third-order valence-corrected chi connectivity index (χ3v) is 4.47. The van der Waals surface area contributed by atoms with Gasteiger partial charge in [0.15, 0.2) is 0 Å². The minimum Gasteiger partial charge on any atom is -0.397 e. The second-order valence-corrected chi connectivity index (χ2v) is 6.23. The number of nitrogen functional groups attached to an aromatic ring is 1. The maximum Gasteiger partial charge on any atom is 0.143 e. The number of thiophene rings is 1. The maximum atomic E-state index is 13.2. The second kappa shape index (κ2) is 5.47. The van der Waals surface area contributed by atoms with Gasteiger partial charge in [-0.2, -0.15) is 0 Å². The first-order valence-corrected chi connectivity index (χ1v) is 7.21. The van der Waals surface area contributed by atoms with Gasteiger partial charge in [-0.05, 0) is 28.1 Å². The number of hydrogen-bond acceptors (Lipinski definition) is 3. The van der Waals surface area contributed by atoms with E-state index in [4.69, 9.17) is 17.3 Å². The molecule has 0 spiro atoms. The number of nitrogens with zero attached hydrogens (tertiary/aromatic N) is 1. The molecule has 0 aliphatic heterocycles. The van der Waals surface area contributed by atoms with E-state index in [1.807, 2.05) is 23.4 Å². The van der Waals surface area contributed by atoms with Crippen molar-refractivity contribution in [1.29, 1.82) is 0 Å². The average Bonchev–Trinajstić information content (AvgIpc) is 2.69. The van der Waals surface area contributed by atoms with Crippen LogP contribution in [0.5, 0.6) is 0 Å². The molecule has 18 heavy (non-hydrogen) atoms. The van der Waals surface area contributed by atoms with Gasteiger partial charge in [0.25, 0.3) is 0 Å². The summed E-state index contributed by atoms with van der Waals surface area (Å²) >= 11 is 10.8. The molecule has 1 heterocycles. The third-order valence-electron chi connectivity index (χ3n) is 2.50. The lowest BCUT2D eigenvalue weighted by molar-refractivity contribution is 0.629. The zero-order valence-electron chi connectivity index (χ0n) is 9.58. The van der Waals surface area contributed by atoms with Crippen LogP contribution in [0.25, 0.3) is 0 Å². The van der Waals surface area contributed by atoms with Crippen LogP contribution in [0.1, 0.15) is 4.88 Å². The van der Waals surface area contributed by atoms with Crippen LogP contribution in [0.15, 0.2) is 28.1 Å². The zero-order chi connectivity index (χ0) is 13.3. The fourth-order valence-electron chi connectivity index (χ4n) is 1.64. The van der Waals surface area contributed by atoms with Crippen molar-refractivity contribution in [1.82, 2.24) is 0 Å². The van der Waals surface area contributed by atoms with Crippen molar-refractivity contribution < 1.29 is 4.39 Å². The second-order valence-electron chi connectivity index (χ2n) is 3.91. The Morgan fingerprint density at radius 3 is 2.78 bits per heavy atom. The fourth-order valence-corrected chi connectivity index (χ4v) is 3.30. The zero-order valence-corrected chi connectivity index (χ0v) is 12.7. The summed E-state index contributed by atoms with van der Waals surface area (Å²) in [7, 11) is 1.90. The van der Waals surface area contributed by atoms with Crippen LogP contribution in [0.4, 0.5) is 15.8 Å². The van der Waals surface area contributed by atoms with Crippen LogP contribution in [-0.4, -0.2) is 7.05 Å². The van der Waals surface area contributed by atoms with E-state index in [0.29, 0.717) is 12.2 Å². The highest BCUT2D eigenvalue weighted by molar-refractivity contribution is 9.10. The van der Waals surface area contributed by atoms with Gasteiger partial charge in [-0.15, -0.1) is 11.3 Å². The van der Waals surface area contributed by atoms with Crippen molar-refractivity contribution in [2.75, 3.05) is 17.7 Å². The molecule has 0 aliphatic rings. The van der Waals surface area contributed by atoms with Gasteiger partial charge in [-0.3, -0.25) is 0 Å². The molecule has 0 fully saturated rings. The van der Waals surface area contributed by atoms with Gasteiger partial charge in [0, 0.05) is 27.8 Å². The highest BCUT2D eigenvalue weighted by Gasteiger charge is 2.11. The van der Waals surface area contributed by atoms with Crippen LogP contribution in [0.2, 0.25) is 5.02 Å². The Morgan fingerprint density at radius 2 is 2.17 bits per heavy atom. The highest BCUT2D eigenvalue weighted by atomic mass is 79.9. The van der Waals surface area contributed by atoms with E-state index in [1.54, 1.807) is 17.4 Å². The lowest BCUT2D eigenvalue weighted by Gasteiger charge is -2.20. The van der Waals surface area contributed by atoms with Crippen molar-refractivity contribution in [3.8, 4) is 0 Å². The smallest absolute Gasteiger partial charge is 0.143 e. The number of nitrogens with two attached hydrogens (primary N) is 1. The number of halogens is 3. The standard InChI is InChI=1S/C12H11BrClFN2S/c1-17(5-8-2-7(13)6-18-8)12-3-9(14)10(15)4-11(12)16/h2-4,6H,5,16H2,1H3. The molecule has 0 saturated heterocycles. The van der Waals surface area contributed by atoms with E-state index in [9.17, 15) is 4.39 Å². The SMILES string of the molecule is CN(Cc1cc(Br)cs1)c1cc(Cl)c(F)cc1N. The number of benzene rings is 1. The van der Waals surface area contributed by atoms with E-state index < -0.39 is 5.82 Å². The molecular formula is C12H11BrClFN2S. The van der Waals surface area contributed by atoms with Gasteiger partial charge in [0.2, 0.25) is 0 Å². The van der Waals surface area contributed by atoms with E-state index in [2.05, 4.69) is 15.9 Å². The molecule has 0 aliphatic carbocycles. The first-order valence-electron chi connectivity index (χ1n) is 5.16. The van der Waals surface area contributed by atoms with Crippen molar-refractivity contribution >= 4 is 50.2 Å². The van der Waals surface area contributed by atoms with E-state index in [1.165, 1.54) is 10.9 Å². The summed E-state index contributed by atoms with van der Waals surface area (Å²) in [6.45, 7) is 0.697. The first kappa shape index (κ1) is 13.6. The molecule has 1 aromatic carbocycles. The normalized spacial score (nSPS) is 10.7. The molecule has 0 radical (unpaired) electrons. The Kier molecular flexibility index (Phi) is 4.14. The molecule has 1 aromatic heterocycles. The predicted octanol–water partition coefficient (Wildman–Crippen LogP) is 4.52. The summed E-state index contributed by atoms with van der Waals surface area (Å²) in [6, 6.07) is 4.84. The van der Waals surface area contributed by atoms with Crippen molar-refractivity contribution in [2.45, 2.75) is 6.54 Å². The number of hydrogen-bond donors (Lipinski definition) is 1. The minimum atomic E-state index is -0.495. The Hall–Kier alpha value is -0.780. The van der Waals surface area contributed by atoms with E-state index in [-0.39, 0.29) is 5.02 Å². The highest BCUT2D eigenvalue weighted by Crippen LogP contribution is 2.30. The molecular weight excluding hydrogens is 339 g/mol. The molecule has 0 bridgehead atoms. The molecule has 0 atom stereocenters. The molecule has 6 heteroatoms. The molecule has 0 amide bonds. The van der Waals surface area contributed by atoms with Gasteiger partial charge in [0.05, 0.1) is 22.9 Å². The average molecular weight is 350 g/mol. The molecule has 0 unspecified atom stereocenters. The van der Waals surface area contributed by atoms with Crippen LogP contribution < -0.4 is 10.6 Å². The summed E-state index contributed by atoms with van der Waals surface area (Å²) in [6.07, 6.45) is 0. The van der Waals surface area contributed by atoms with Crippen molar-refractivity contribution in [3.05, 3.63) is 43.8 Å². The summed E-state index contributed by atoms with van der Waals surface area (Å²) in [5.41, 5.74) is 6.92. The van der Waals surface area contributed by atoms with Gasteiger partial charge < -0.3 is 10.6 Å². The largest absolute Gasteiger partial charge is 0.397 e. The van der Waals surface area contributed by atoms with Crippen LogP contribution >= 0.6 is 38.9 Å². The minimum absolute atomic E-state index is 0.0819. The summed E-state index contributed by atoms with van der Waals surface area (Å²) < 4.78 is 14.3. The van der Waals surface area contributed by atoms with Gasteiger partial charge in [0.1, 0.15) is 5.82 Å². The van der Waals surface area contributed by atoms with Crippen LogP contribution in [-0.2, 0) is 6.54 Å². The topological polar surface area (TPSA) is 29.3 Å². The lowest BCUT2D eigenvalue weighted by atomic mass is 10.2. The molecule has 96 valence electrons. The summed E-state index contributed by atoms with van der Waals surface area (Å²) in [5.74, 6) is -0.495. The van der Waals surface area contributed by atoms with Crippen LogP contribution in [0.3, 0.4) is 0 Å². The maximum absolute atomic E-state index is 13.2. The third kappa shape index (κ3) is 2.96. The number of rotatable bonds is 3. The van der Waals surface area contributed by atoms with Gasteiger partial charge >= 0.3 is 0 Å². The van der Waals surface area contributed by atoms with Gasteiger partial charge in [-0.1, -0.05) is 11.6 Å². The van der Waals surface area contributed by atoms with E-state index >= 15 is 0 Å². The Morgan fingerprint density at radius 1 is 1.44 bits per heavy atom. The van der Waals surface area contributed by atoms with E-state index in [0.717, 1.165) is 10.2 Å². The quantitative estimate of drug-likeness (QED) is 0.825. The number of anilines is 2. The van der Waals surface area contributed by atoms with Crippen LogP contribution in [0, 0.1) is 5.82 Å². The Balaban J connectivity index is 2.23. The summed E-state index contributed by atoms with van der Waals surface area (Å²) in [5, 5.41) is 2.10. The lowest BCUT2D eigenvalue weighted by Crippen LogP contribution is -2.17. The van der Waals surface area contributed by atoms with Gasteiger partial charge in [-0.25, -0.2) is 4.39 Å². The molecule has 2 aromatic rings. The van der Waals surface area contributed by atoms with Crippen molar-refractivity contribution in [3.63, 3.8) is 0 Å². The fraction of sp³-hybridized carbons (Fsp3) is 0.167. The first-order chi connectivity index (χ1) is 8.47. The van der Waals surface area contributed by atoms with Crippen molar-refractivity contribution in [2.24, 2.45) is 0 Å². The molecule has 2 nitrogen and oxygen atoms in total. The predicted molar refractivity (Wildman–Crippen MR) is 79.9 cm³/mol. The monoisotopic (exact) mass is 348 g/mol. The Labute approximate surface area is 122 Å². The molecule has 0 saturated carbocycles. The molecule has 2 N–H and O–H groups in total. The summed E-state index contributed by atoms with van der Waals surface area (Å²) in [4.78, 5) is 3.13.